The van der Waals surface area contributed by atoms with Crippen molar-refractivity contribution in [3.63, 3.8) is 0 Å². The van der Waals surface area contributed by atoms with Gasteiger partial charge in [0.05, 0.1) is 10.0 Å². The molecule has 0 saturated carbocycles. The molecule has 3 nitrogen and oxygen atoms in total. The lowest BCUT2D eigenvalue weighted by Crippen LogP contribution is -2.41. The number of fused-ring (bicyclic) bond motifs is 2. The second-order valence-electron chi connectivity index (χ2n) is 7.75. The van der Waals surface area contributed by atoms with E-state index in [0.717, 1.165) is 31.1 Å². The van der Waals surface area contributed by atoms with E-state index in [9.17, 15) is 0 Å². The van der Waals surface area contributed by atoms with Crippen LogP contribution in [0.4, 0.5) is 11.4 Å². The van der Waals surface area contributed by atoms with E-state index < -0.39 is 0 Å². The van der Waals surface area contributed by atoms with Crippen LogP contribution in [0, 0.1) is 5.92 Å². The third-order valence-corrected chi connectivity index (χ3v) is 6.82. The molecule has 0 amide bonds. The van der Waals surface area contributed by atoms with Gasteiger partial charge in [-0.1, -0.05) is 29.3 Å². The fourth-order valence-electron chi connectivity index (χ4n) is 4.86. The average Bonchev–Trinajstić information content (AvgIpc) is 3.11. The van der Waals surface area contributed by atoms with Crippen LogP contribution in [0.5, 0.6) is 0 Å². The Morgan fingerprint density at radius 1 is 1.12 bits per heavy atom. The second-order valence-corrected chi connectivity index (χ2v) is 8.56. The molecular formula is C21H23Cl2N3. The summed E-state index contributed by atoms with van der Waals surface area (Å²) in [4.78, 5) is 2.63. The normalized spacial score (nSPS) is 23.5. The largest absolute Gasteiger partial charge is 0.381 e. The van der Waals surface area contributed by atoms with Crippen LogP contribution in [-0.4, -0.2) is 26.2 Å². The highest BCUT2D eigenvalue weighted by molar-refractivity contribution is 6.42. The van der Waals surface area contributed by atoms with Gasteiger partial charge in [0.1, 0.15) is 0 Å². The molecule has 3 aliphatic rings. The molecule has 5 rings (SSSR count). The van der Waals surface area contributed by atoms with Crippen LogP contribution < -0.4 is 15.5 Å². The molecule has 0 radical (unpaired) electrons. The van der Waals surface area contributed by atoms with Crippen molar-refractivity contribution in [2.45, 2.75) is 25.3 Å². The average molecular weight is 388 g/mol. The Labute approximate surface area is 164 Å². The van der Waals surface area contributed by atoms with Crippen molar-refractivity contribution in [1.29, 1.82) is 0 Å². The highest BCUT2D eigenvalue weighted by Gasteiger charge is 2.38. The first-order chi connectivity index (χ1) is 12.7. The van der Waals surface area contributed by atoms with Gasteiger partial charge in [-0.25, -0.2) is 0 Å². The molecule has 3 heterocycles. The van der Waals surface area contributed by atoms with Crippen molar-refractivity contribution >= 4 is 34.6 Å². The number of benzene rings is 2. The summed E-state index contributed by atoms with van der Waals surface area (Å²) in [5.74, 6) is 1.41. The first kappa shape index (κ1) is 16.7. The maximum atomic E-state index is 6.15. The summed E-state index contributed by atoms with van der Waals surface area (Å²) in [6.07, 6.45) is 2.44. The van der Waals surface area contributed by atoms with E-state index in [-0.39, 0.29) is 0 Å². The first-order valence-electron chi connectivity index (χ1n) is 9.49. The number of nitrogens with one attached hydrogen (secondary N) is 2. The SMILES string of the molecule is Clc1ccc(CNc2cc3c4c(c2)C2CNCC2CN4CCC3)cc1Cl. The van der Waals surface area contributed by atoms with E-state index >= 15 is 0 Å². The summed E-state index contributed by atoms with van der Waals surface area (Å²) >= 11 is 12.2. The molecule has 0 bridgehead atoms. The molecular weight excluding hydrogens is 365 g/mol. The molecule has 136 valence electrons. The summed E-state index contributed by atoms with van der Waals surface area (Å²) in [5, 5.41) is 8.43. The molecule has 2 aromatic rings. The van der Waals surface area contributed by atoms with Crippen molar-refractivity contribution in [1.82, 2.24) is 5.32 Å². The van der Waals surface area contributed by atoms with Gasteiger partial charge in [0.2, 0.25) is 0 Å². The molecule has 2 unspecified atom stereocenters. The predicted molar refractivity (Wildman–Crippen MR) is 110 cm³/mol. The van der Waals surface area contributed by atoms with Crippen molar-refractivity contribution in [3.8, 4) is 0 Å². The van der Waals surface area contributed by atoms with Gasteiger partial charge in [-0.05, 0) is 59.7 Å². The standard InChI is InChI=1S/C21H23Cl2N3/c22-19-4-3-13(6-20(19)23)9-25-16-7-14-2-1-5-26-12-15-10-24-11-18(15)17(8-16)21(14)26/h3-4,6-8,15,18,24-25H,1-2,5,9-12H2. The molecule has 2 atom stereocenters. The van der Waals surface area contributed by atoms with Gasteiger partial charge < -0.3 is 15.5 Å². The topological polar surface area (TPSA) is 27.3 Å². The van der Waals surface area contributed by atoms with Crippen molar-refractivity contribution in [2.75, 3.05) is 36.4 Å². The minimum absolute atomic E-state index is 0.605. The lowest BCUT2D eigenvalue weighted by atomic mass is 9.80. The number of hydrogen-bond acceptors (Lipinski definition) is 3. The summed E-state index contributed by atoms with van der Waals surface area (Å²) in [6.45, 7) is 5.44. The fraction of sp³-hybridized carbons (Fsp3) is 0.429. The molecule has 0 aliphatic carbocycles. The molecule has 2 N–H and O–H groups in total. The summed E-state index contributed by atoms with van der Waals surface area (Å²) < 4.78 is 0. The van der Waals surface area contributed by atoms with Crippen LogP contribution >= 0.6 is 23.2 Å². The van der Waals surface area contributed by atoms with E-state index in [2.05, 4.69) is 27.7 Å². The van der Waals surface area contributed by atoms with Gasteiger partial charge in [-0.15, -0.1) is 0 Å². The zero-order valence-electron chi connectivity index (χ0n) is 14.7. The quantitative estimate of drug-likeness (QED) is 0.800. The van der Waals surface area contributed by atoms with Gasteiger partial charge in [-0.2, -0.15) is 0 Å². The Kier molecular flexibility index (Phi) is 4.27. The number of hydrogen-bond donors (Lipinski definition) is 2. The van der Waals surface area contributed by atoms with Crippen LogP contribution in [-0.2, 0) is 13.0 Å². The Hall–Kier alpha value is -1.42. The molecule has 2 aromatic carbocycles. The number of rotatable bonds is 3. The van der Waals surface area contributed by atoms with E-state index in [1.807, 2.05) is 18.2 Å². The number of anilines is 2. The molecule has 26 heavy (non-hydrogen) atoms. The summed E-state index contributed by atoms with van der Waals surface area (Å²) in [7, 11) is 0. The van der Waals surface area contributed by atoms with Crippen LogP contribution in [0.25, 0.3) is 0 Å². The van der Waals surface area contributed by atoms with Crippen LogP contribution in [0.1, 0.15) is 29.0 Å². The summed E-state index contributed by atoms with van der Waals surface area (Å²) in [6, 6.07) is 10.6. The van der Waals surface area contributed by atoms with Gasteiger partial charge in [0.25, 0.3) is 0 Å². The van der Waals surface area contributed by atoms with Crippen molar-refractivity contribution in [3.05, 3.63) is 57.1 Å². The van der Waals surface area contributed by atoms with E-state index in [4.69, 9.17) is 23.2 Å². The highest BCUT2D eigenvalue weighted by Crippen LogP contribution is 2.45. The Bertz CT molecular complexity index is 851. The number of aryl methyl sites for hydroxylation is 1. The lowest BCUT2D eigenvalue weighted by Gasteiger charge is -2.42. The van der Waals surface area contributed by atoms with Crippen molar-refractivity contribution in [2.24, 2.45) is 5.92 Å². The second kappa shape index (κ2) is 6.63. The molecule has 1 saturated heterocycles. The van der Waals surface area contributed by atoms with Crippen molar-refractivity contribution < 1.29 is 0 Å². The summed E-state index contributed by atoms with van der Waals surface area (Å²) in [5.41, 5.74) is 6.95. The van der Waals surface area contributed by atoms with Gasteiger partial charge in [-0.3, -0.25) is 0 Å². The van der Waals surface area contributed by atoms with Gasteiger partial charge in [0, 0.05) is 50.0 Å². The van der Waals surface area contributed by atoms with E-state index in [1.54, 1.807) is 5.56 Å². The molecule has 5 heteroatoms. The minimum Gasteiger partial charge on any atom is -0.381 e. The minimum atomic E-state index is 0.605. The maximum absolute atomic E-state index is 6.15. The predicted octanol–water partition coefficient (Wildman–Crippen LogP) is 4.67. The van der Waals surface area contributed by atoms with Gasteiger partial charge >= 0.3 is 0 Å². The molecule has 0 aromatic heterocycles. The smallest absolute Gasteiger partial charge is 0.0595 e. The molecule has 3 aliphatic heterocycles. The van der Waals surface area contributed by atoms with E-state index in [0.29, 0.717) is 16.0 Å². The molecule has 0 spiro atoms. The van der Waals surface area contributed by atoms with Crippen LogP contribution in [0.15, 0.2) is 30.3 Å². The Morgan fingerprint density at radius 3 is 2.92 bits per heavy atom. The third kappa shape index (κ3) is 2.87. The lowest BCUT2D eigenvalue weighted by molar-refractivity contribution is 0.470. The maximum Gasteiger partial charge on any atom is 0.0595 e. The third-order valence-electron chi connectivity index (χ3n) is 6.08. The zero-order chi connectivity index (χ0) is 17.7. The first-order valence-corrected chi connectivity index (χ1v) is 10.2. The van der Waals surface area contributed by atoms with Crippen LogP contribution in [0.3, 0.4) is 0 Å². The highest BCUT2D eigenvalue weighted by atomic mass is 35.5. The van der Waals surface area contributed by atoms with Gasteiger partial charge in [0.15, 0.2) is 0 Å². The Morgan fingerprint density at radius 2 is 2.04 bits per heavy atom. The van der Waals surface area contributed by atoms with E-state index in [1.165, 1.54) is 42.9 Å². The number of nitrogens with zero attached hydrogens (tertiary/aromatic N) is 1. The fourth-order valence-corrected chi connectivity index (χ4v) is 5.18. The van der Waals surface area contributed by atoms with Crippen LogP contribution in [0.2, 0.25) is 10.0 Å². The Balaban J connectivity index is 1.45. The monoisotopic (exact) mass is 387 g/mol. The molecule has 1 fully saturated rings. The zero-order valence-corrected chi connectivity index (χ0v) is 16.2. The number of halogens is 2.